The van der Waals surface area contributed by atoms with E-state index in [1.54, 1.807) is 12.4 Å². The second-order valence-corrected chi connectivity index (χ2v) is 17.6. The van der Waals surface area contributed by atoms with Crippen LogP contribution in [-0.4, -0.2) is 64.7 Å². The SMILES string of the molecule is CC1(C)OB(B2OC(C)(C)C(C)(C)O2)OC1(C)C.CC1(C)OB(c2cnc3oc4ccccc4c3c2)OC1(C)C.Clc1cnc2oc3ccccc3c2c1. The molecule has 3 aliphatic heterocycles. The van der Waals surface area contributed by atoms with Crippen LogP contribution in [0.3, 0.4) is 0 Å². The van der Waals surface area contributed by atoms with Crippen LogP contribution in [0.25, 0.3) is 44.1 Å². The Morgan fingerprint density at radius 2 is 0.833 bits per heavy atom. The van der Waals surface area contributed by atoms with Crippen LogP contribution in [0.15, 0.2) is 81.9 Å². The Morgan fingerprint density at radius 3 is 1.28 bits per heavy atom. The van der Waals surface area contributed by atoms with Gasteiger partial charge in [-0.1, -0.05) is 48.0 Å². The Kier molecular flexibility index (Phi) is 9.61. The number of nitrogens with zero attached hydrogens (tertiary/aromatic N) is 2. The van der Waals surface area contributed by atoms with Gasteiger partial charge in [0.25, 0.3) is 0 Å². The molecular formula is C40H48B3ClN2O8. The van der Waals surface area contributed by atoms with E-state index < -0.39 is 21.1 Å². The summed E-state index contributed by atoms with van der Waals surface area (Å²) in [5.74, 6) is 0. The van der Waals surface area contributed by atoms with E-state index in [1.807, 2.05) is 138 Å². The molecule has 0 N–H and O–H groups in total. The van der Waals surface area contributed by atoms with E-state index in [2.05, 4.69) is 16.0 Å². The molecule has 282 valence electrons. The lowest BCUT2D eigenvalue weighted by Gasteiger charge is -2.32. The smallest absolute Gasteiger partial charge is 0.438 e. The summed E-state index contributed by atoms with van der Waals surface area (Å²) in [6.45, 7) is 24.4. The fourth-order valence-corrected chi connectivity index (χ4v) is 6.47. The van der Waals surface area contributed by atoms with Gasteiger partial charge in [0.2, 0.25) is 11.4 Å². The molecule has 0 radical (unpaired) electrons. The molecule has 3 fully saturated rings. The maximum absolute atomic E-state index is 6.09. The highest BCUT2D eigenvalue weighted by molar-refractivity contribution is 7.11. The van der Waals surface area contributed by atoms with Crippen LogP contribution in [0, 0.1) is 0 Å². The minimum absolute atomic E-state index is 0.356. The van der Waals surface area contributed by atoms with Crippen molar-refractivity contribution in [3.05, 3.63) is 78.1 Å². The molecule has 3 saturated heterocycles. The normalized spacial score (nSPS) is 21.8. The van der Waals surface area contributed by atoms with Gasteiger partial charge in [0.05, 0.1) is 38.6 Å². The summed E-state index contributed by atoms with van der Waals surface area (Å²) in [7, 11) is -1.36. The zero-order valence-corrected chi connectivity index (χ0v) is 34.0. The van der Waals surface area contributed by atoms with E-state index in [0.717, 1.165) is 38.2 Å². The van der Waals surface area contributed by atoms with Gasteiger partial charge in [-0.05, 0) is 107 Å². The molecule has 4 aromatic heterocycles. The van der Waals surface area contributed by atoms with Gasteiger partial charge in [-0.25, -0.2) is 9.97 Å². The maximum atomic E-state index is 6.09. The molecule has 54 heavy (non-hydrogen) atoms. The van der Waals surface area contributed by atoms with Crippen LogP contribution < -0.4 is 5.46 Å². The van der Waals surface area contributed by atoms with Crippen molar-refractivity contribution in [1.29, 1.82) is 0 Å². The molecule has 0 aliphatic carbocycles. The van der Waals surface area contributed by atoms with Gasteiger partial charge in [0.1, 0.15) is 11.2 Å². The molecule has 10 nitrogen and oxygen atoms in total. The van der Waals surface area contributed by atoms with Crippen LogP contribution >= 0.6 is 11.6 Å². The molecule has 0 atom stereocenters. The predicted octanol–water partition coefficient (Wildman–Crippen LogP) is 9.16. The van der Waals surface area contributed by atoms with Crippen molar-refractivity contribution in [2.75, 3.05) is 0 Å². The minimum Gasteiger partial charge on any atom is -0.438 e. The fourth-order valence-electron chi connectivity index (χ4n) is 6.32. The number of aromatic nitrogens is 2. The highest BCUT2D eigenvalue weighted by Gasteiger charge is 2.63. The Labute approximate surface area is 322 Å². The number of fused-ring (bicyclic) bond motifs is 6. The van der Waals surface area contributed by atoms with Crippen molar-refractivity contribution in [2.24, 2.45) is 0 Å². The van der Waals surface area contributed by atoms with Gasteiger partial charge < -0.3 is 36.8 Å². The number of benzene rings is 2. The van der Waals surface area contributed by atoms with E-state index in [-0.39, 0.29) is 33.6 Å². The van der Waals surface area contributed by atoms with Gasteiger partial charge in [-0.3, -0.25) is 0 Å². The summed E-state index contributed by atoms with van der Waals surface area (Å²) in [4.78, 5) is 8.55. The van der Waals surface area contributed by atoms with E-state index in [9.17, 15) is 0 Å². The third kappa shape index (κ3) is 6.98. The summed E-state index contributed by atoms with van der Waals surface area (Å²) in [5.41, 5.74) is 1.73. The number of furan rings is 2. The summed E-state index contributed by atoms with van der Waals surface area (Å²) in [6.07, 6.45) is 3.36. The largest absolute Gasteiger partial charge is 0.496 e. The van der Waals surface area contributed by atoms with Crippen LogP contribution in [0.4, 0.5) is 0 Å². The topological polar surface area (TPSA) is 107 Å². The molecule has 0 bridgehead atoms. The summed E-state index contributed by atoms with van der Waals surface area (Å²) in [5, 5.41) is 4.70. The molecule has 0 spiro atoms. The lowest BCUT2D eigenvalue weighted by molar-refractivity contribution is 0.00578. The first-order chi connectivity index (χ1) is 25.1. The number of pyridine rings is 2. The van der Waals surface area contributed by atoms with Gasteiger partial charge in [0.15, 0.2) is 0 Å². The number of hydrogen-bond acceptors (Lipinski definition) is 10. The Balaban J connectivity index is 0.000000128. The van der Waals surface area contributed by atoms with Gasteiger partial charge >= 0.3 is 21.1 Å². The summed E-state index contributed by atoms with van der Waals surface area (Å²) in [6, 6.07) is 19.7. The molecular weight excluding hydrogens is 704 g/mol. The Morgan fingerprint density at radius 1 is 0.463 bits per heavy atom. The molecule has 14 heteroatoms. The van der Waals surface area contributed by atoms with Gasteiger partial charge in [-0.15, -0.1) is 0 Å². The lowest BCUT2D eigenvalue weighted by atomic mass is 9.49. The Hall–Kier alpha value is -3.42. The van der Waals surface area contributed by atoms with Crippen molar-refractivity contribution >= 4 is 82.3 Å². The van der Waals surface area contributed by atoms with E-state index in [4.69, 9.17) is 48.4 Å². The predicted molar refractivity (Wildman–Crippen MR) is 216 cm³/mol. The average Bonchev–Trinajstić information content (AvgIpc) is 3.81. The molecule has 2 aromatic carbocycles. The van der Waals surface area contributed by atoms with Crippen molar-refractivity contribution in [1.82, 2.24) is 9.97 Å². The molecule has 6 aromatic rings. The van der Waals surface area contributed by atoms with Crippen molar-refractivity contribution in [3.63, 3.8) is 0 Å². The highest BCUT2D eigenvalue weighted by atomic mass is 35.5. The number of rotatable bonds is 2. The zero-order valence-electron chi connectivity index (χ0n) is 33.2. The molecule has 0 saturated carbocycles. The summed E-state index contributed by atoms with van der Waals surface area (Å²) < 4.78 is 47.3. The fraction of sp³-hybridized carbons (Fsp3) is 0.450. The third-order valence-electron chi connectivity index (χ3n) is 11.7. The average molecular weight is 753 g/mol. The molecule has 9 rings (SSSR count). The standard InChI is InChI=1S/C17H18BNO3.C12H24B2O4.C11H6ClNO/c1-16(2)17(3,4)22-18(21-16)11-9-13-12-7-5-6-8-14(12)20-15(13)19-10-11;1-9(2)10(3,4)16-13(15-9)14-17-11(5,6)12(7,8)18-14;12-7-5-9-8-3-1-2-4-10(8)14-11(9)13-6-7/h5-10H,1-4H3;1-8H3;1-6H. The second kappa shape index (κ2) is 13.4. The van der Waals surface area contributed by atoms with E-state index in [0.29, 0.717) is 16.4 Å². The molecule has 0 unspecified atom stereocenters. The number of hydrogen-bond donors (Lipinski definition) is 0. The lowest BCUT2D eigenvalue weighted by Crippen LogP contribution is -2.41. The Bertz CT molecular complexity index is 2250. The number of para-hydroxylation sites is 2. The van der Waals surface area contributed by atoms with E-state index >= 15 is 0 Å². The molecule has 7 heterocycles. The third-order valence-corrected chi connectivity index (χ3v) is 12.0. The van der Waals surface area contributed by atoms with Crippen molar-refractivity contribution < 1.29 is 36.8 Å². The van der Waals surface area contributed by atoms with Crippen LogP contribution in [0.5, 0.6) is 0 Å². The van der Waals surface area contributed by atoms with E-state index in [1.165, 1.54) is 0 Å². The molecule has 3 aliphatic rings. The van der Waals surface area contributed by atoms with Gasteiger partial charge in [0, 0.05) is 39.4 Å². The van der Waals surface area contributed by atoms with Crippen LogP contribution in [0.2, 0.25) is 5.02 Å². The number of halogens is 1. The first-order valence-electron chi connectivity index (χ1n) is 18.4. The van der Waals surface area contributed by atoms with Crippen molar-refractivity contribution in [3.8, 4) is 0 Å². The minimum atomic E-state index is -0.476. The van der Waals surface area contributed by atoms with Crippen LogP contribution in [-0.2, 0) is 27.9 Å². The second-order valence-electron chi connectivity index (χ2n) is 17.2. The zero-order chi connectivity index (χ0) is 39.1. The summed E-state index contributed by atoms with van der Waals surface area (Å²) >= 11 is 5.87. The first-order valence-corrected chi connectivity index (χ1v) is 18.7. The van der Waals surface area contributed by atoms with Crippen LogP contribution in [0.1, 0.15) is 83.1 Å². The van der Waals surface area contributed by atoms with Gasteiger partial charge in [-0.2, -0.15) is 0 Å². The maximum Gasteiger partial charge on any atom is 0.496 e. The monoisotopic (exact) mass is 752 g/mol. The van der Waals surface area contributed by atoms with Crippen molar-refractivity contribution in [2.45, 2.75) is 117 Å². The molecule has 0 amide bonds. The quantitative estimate of drug-likeness (QED) is 0.159. The first kappa shape index (κ1) is 38.8. The highest BCUT2D eigenvalue weighted by Crippen LogP contribution is 2.43.